The highest BCUT2D eigenvalue weighted by Gasteiger charge is 2.25. The van der Waals surface area contributed by atoms with Crippen LogP contribution in [0, 0.1) is 5.92 Å². The molecule has 2 rings (SSSR count). The predicted octanol–water partition coefficient (Wildman–Crippen LogP) is 2.84. The molecule has 1 fully saturated rings. The van der Waals surface area contributed by atoms with Crippen molar-refractivity contribution < 1.29 is 14.7 Å². The van der Waals surface area contributed by atoms with Gasteiger partial charge in [-0.25, -0.2) is 0 Å². The molecule has 1 aliphatic heterocycles. The number of amides is 1. The van der Waals surface area contributed by atoms with Crippen LogP contribution >= 0.6 is 27.3 Å². The number of rotatable bonds is 3. The van der Waals surface area contributed by atoms with Gasteiger partial charge < -0.3 is 10.0 Å². The van der Waals surface area contributed by atoms with Gasteiger partial charge in [0.2, 0.25) is 0 Å². The van der Waals surface area contributed by atoms with Crippen LogP contribution in [0.5, 0.6) is 0 Å². The number of nitrogens with zero attached hydrogens (tertiary/aromatic N) is 1. The van der Waals surface area contributed by atoms with E-state index in [1.54, 1.807) is 0 Å². The summed E-state index contributed by atoms with van der Waals surface area (Å²) in [4.78, 5) is 24.6. The molecule has 1 N–H and O–H groups in total. The summed E-state index contributed by atoms with van der Waals surface area (Å²) in [5, 5.41) is 10.6. The van der Waals surface area contributed by atoms with Gasteiger partial charge >= 0.3 is 5.97 Å². The van der Waals surface area contributed by atoms with E-state index in [0.717, 1.165) is 16.6 Å². The molecule has 18 heavy (non-hydrogen) atoms. The van der Waals surface area contributed by atoms with Gasteiger partial charge in [-0.3, -0.25) is 9.59 Å². The molecule has 6 heteroatoms. The molecule has 0 aliphatic carbocycles. The third-order valence-corrected chi connectivity index (χ3v) is 4.68. The van der Waals surface area contributed by atoms with E-state index in [1.807, 2.05) is 16.3 Å². The highest BCUT2D eigenvalue weighted by molar-refractivity contribution is 9.11. The minimum atomic E-state index is -0.749. The van der Waals surface area contributed by atoms with Crippen molar-refractivity contribution in [2.24, 2.45) is 5.92 Å². The number of carboxylic acid groups (broad SMARTS) is 1. The van der Waals surface area contributed by atoms with Gasteiger partial charge in [0.1, 0.15) is 0 Å². The third kappa shape index (κ3) is 3.32. The number of likely N-dealkylation sites (tertiary alicyclic amines) is 1. The van der Waals surface area contributed by atoms with Crippen molar-refractivity contribution in [2.75, 3.05) is 13.1 Å². The number of halogens is 1. The second-order valence-corrected chi connectivity index (χ2v) is 6.76. The first-order chi connectivity index (χ1) is 8.56. The van der Waals surface area contributed by atoms with Crippen LogP contribution in [0.3, 0.4) is 0 Å². The monoisotopic (exact) mass is 331 g/mol. The summed E-state index contributed by atoms with van der Waals surface area (Å²) in [5.41, 5.74) is 0.712. The lowest BCUT2D eigenvalue weighted by atomic mass is 9.93. The molecule has 0 bridgehead atoms. The lowest BCUT2D eigenvalue weighted by Crippen LogP contribution is -2.38. The average molecular weight is 332 g/mol. The van der Waals surface area contributed by atoms with Crippen LogP contribution in [-0.4, -0.2) is 35.0 Å². The fraction of sp³-hybridized carbons (Fsp3) is 0.500. The van der Waals surface area contributed by atoms with Crippen molar-refractivity contribution in [1.29, 1.82) is 0 Å². The van der Waals surface area contributed by atoms with E-state index in [4.69, 9.17) is 5.11 Å². The summed E-state index contributed by atoms with van der Waals surface area (Å²) in [6.07, 6.45) is 1.78. The standard InChI is InChI=1S/C12H14BrNO3S/c13-10-6-9(7-18-10)12(17)14-3-1-8(2-4-14)5-11(15)16/h6-8H,1-5H2,(H,15,16). The van der Waals surface area contributed by atoms with Gasteiger partial charge in [-0.2, -0.15) is 0 Å². The van der Waals surface area contributed by atoms with Gasteiger partial charge in [0.25, 0.3) is 5.91 Å². The molecule has 2 heterocycles. The molecule has 0 radical (unpaired) electrons. The second kappa shape index (κ2) is 5.84. The van der Waals surface area contributed by atoms with Gasteiger partial charge in [0.05, 0.1) is 9.35 Å². The van der Waals surface area contributed by atoms with E-state index in [2.05, 4.69) is 15.9 Å². The fourth-order valence-corrected chi connectivity index (χ4v) is 3.32. The summed E-state index contributed by atoms with van der Waals surface area (Å²) in [7, 11) is 0. The first kappa shape index (κ1) is 13.5. The Kier molecular flexibility index (Phi) is 4.40. The summed E-state index contributed by atoms with van der Waals surface area (Å²) >= 11 is 4.84. The molecule has 1 aromatic rings. The van der Waals surface area contributed by atoms with Crippen molar-refractivity contribution in [3.63, 3.8) is 0 Å². The summed E-state index contributed by atoms with van der Waals surface area (Å²) in [6, 6.07) is 1.83. The van der Waals surface area contributed by atoms with Crippen LogP contribution in [0.1, 0.15) is 29.6 Å². The smallest absolute Gasteiger partial charge is 0.303 e. The number of piperidine rings is 1. The Morgan fingerprint density at radius 1 is 1.44 bits per heavy atom. The maximum atomic E-state index is 12.1. The maximum absolute atomic E-state index is 12.1. The van der Waals surface area contributed by atoms with Crippen LogP contribution in [0.4, 0.5) is 0 Å². The van der Waals surface area contributed by atoms with E-state index < -0.39 is 5.97 Å². The van der Waals surface area contributed by atoms with E-state index >= 15 is 0 Å². The van der Waals surface area contributed by atoms with Crippen LogP contribution in [0.2, 0.25) is 0 Å². The Labute approximate surface area is 118 Å². The van der Waals surface area contributed by atoms with Crippen LogP contribution in [-0.2, 0) is 4.79 Å². The molecule has 0 saturated carbocycles. The molecule has 0 aromatic carbocycles. The van der Waals surface area contributed by atoms with Gasteiger partial charge in [0.15, 0.2) is 0 Å². The lowest BCUT2D eigenvalue weighted by Gasteiger charge is -2.31. The van der Waals surface area contributed by atoms with Gasteiger partial charge in [-0.1, -0.05) is 0 Å². The molecule has 98 valence electrons. The summed E-state index contributed by atoms with van der Waals surface area (Å²) < 4.78 is 0.951. The number of carbonyl (C=O) groups excluding carboxylic acids is 1. The van der Waals surface area contributed by atoms with Crippen molar-refractivity contribution in [1.82, 2.24) is 4.90 Å². The highest BCUT2D eigenvalue weighted by atomic mass is 79.9. The zero-order chi connectivity index (χ0) is 13.1. The first-order valence-corrected chi connectivity index (χ1v) is 7.48. The Morgan fingerprint density at radius 3 is 2.61 bits per heavy atom. The van der Waals surface area contributed by atoms with Crippen LogP contribution in [0.15, 0.2) is 15.2 Å². The quantitative estimate of drug-likeness (QED) is 0.926. The number of carboxylic acids is 1. The minimum absolute atomic E-state index is 0.0470. The average Bonchev–Trinajstić information content (AvgIpc) is 2.75. The lowest BCUT2D eigenvalue weighted by molar-refractivity contribution is -0.138. The Morgan fingerprint density at radius 2 is 2.11 bits per heavy atom. The van der Waals surface area contributed by atoms with Gasteiger partial charge in [-0.05, 0) is 40.8 Å². The molecule has 1 saturated heterocycles. The molecular weight excluding hydrogens is 318 g/mol. The van der Waals surface area contributed by atoms with Crippen molar-refractivity contribution >= 4 is 39.1 Å². The molecular formula is C12H14BrNO3S. The number of thiophene rings is 1. The molecule has 1 amide bonds. The van der Waals surface area contributed by atoms with E-state index in [0.29, 0.717) is 18.7 Å². The Hall–Kier alpha value is -0.880. The topological polar surface area (TPSA) is 57.6 Å². The molecule has 0 spiro atoms. The molecule has 0 unspecified atom stereocenters. The maximum Gasteiger partial charge on any atom is 0.303 e. The number of hydrogen-bond donors (Lipinski definition) is 1. The molecule has 1 aromatic heterocycles. The number of aliphatic carboxylic acids is 1. The predicted molar refractivity (Wildman–Crippen MR) is 72.9 cm³/mol. The van der Waals surface area contributed by atoms with E-state index in [1.165, 1.54) is 11.3 Å². The molecule has 1 aliphatic rings. The minimum Gasteiger partial charge on any atom is -0.481 e. The third-order valence-electron chi connectivity index (χ3n) is 3.18. The number of hydrogen-bond acceptors (Lipinski definition) is 3. The fourth-order valence-electron chi connectivity index (χ4n) is 2.19. The van der Waals surface area contributed by atoms with Gasteiger partial charge in [-0.15, -0.1) is 11.3 Å². The zero-order valence-corrected chi connectivity index (χ0v) is 12.2. The van der Waals surface area contributed by atoms with E-state index in [-0.39, 0.29) is 18.2 Å². The first-order valence-electron chi connectivity index (χ1n) is 5.81. The number of carbonyl (C=O) groups is 2. The van der Waals surface area contributed by atoms with Crippen LogP contribution < -0.4 is 0 Å². The normalized spacial score (nSPS) is 16.8. The summed E-state index contributed by atoms with van der Waals surface area (Å²) in [6.45, 7) is 1.31. The highest BCUT2D eigenvalue weighted by Crippen LogP contribution is 2.25. The van der Waals surface area contributed by atoms with Crippen molar-refractivity contribution in [3.8, 4) is 0 Å². The molecule has 0 atom stereocenters. The van der Waals surface area contributed by atoms with Crippen LogP contribution in [0.25, 0.3) is 0 Å². The Bertz CT molecular complexity index is 452. The van der Waals surface area contributed by atoms with E-state index in [9.17, 15) is 9.59 Å². The SMILES string of the molecule is O=C(O)CC1CCN(C(=O)c2csc(Br)c2)CC1. The largest absolute Gasteiger partial charge is 0.481 e. The Balaban J connectivity index is 1.90. The second-order valence-electron chi connectivity index (χ2n) is 4.47. The summed E-state index contributed by atoms with van der Waals surface area (Å²) in [5.74, 6) is -0.493. The molecule has 4 nitrogen and oxygen atoms in total. The van der Waals surface area contributed by atoms with Crippen molar-refractivity contribution in [3.05, 3.63) is 20.8 Å². The van der Waals surface area contributed by atoms with Gasteiger partial charge in [0, 0.05) is 24.9 Å². The zero-order valence-electron chi connectivity index (χ0n) is 9.76. The van der Waals surface area contributed by atoms with Crippen molar-refractivity contribution in [2.45, 2.75) is 19.3 Å².